The normalized spacial score (nSPS) is 23.0. The monoisotopic (exact) mass is 336 g/mol. The molecule has 1 aromatic rings. The van der Waals surface area contributed by atoms with Crippen molar-refractivity contribution in [3.8, 4) is 0 Å². The van der Waals surface area contributed by atoms with Crippen molar-refractivity contribution < 1.29 is 13.9 Å². The number of rotatable bonds is 4. The molecule has 2 saturated heterocycles. The number of ether oxygens (including phenoxy) is 1. The van der Waals surface area contributed by atoms with Gasteiger partial charge in [-0.15, -0.1) is 10.2 Å². The van der Waals surface area contributed by atoms with E-state index in [1.54, 1.807) is 6.92 Å². The van der Waals surface area contributed by atoms with Crippen LogP contribution in [0.2, 0.25) is 0 Å². The molecule has 3 heterocycles. The fraction of sp³-hybridized carbons (Fsp3) is 0.824. The minimum absolute atomic E-state index is 0.156. The molecular weight excluding hydrogens is 308 g/mol. The summed E-state index contributed by atoms with van der Waals surface area (Å²) in [4.78, 5) is 16.5. The van der Waals surface area contributed by atoms with Gasteiger partial charge in [-0.1, -0.05) is 19.3 Å². The Morgan fingerprint density at radius 1 is 1.12 bits per heavy atom. The summed E-state index contributed by atoms with van der Waals surface area (Å²) in [6.45, 7) is 5.51. The fourth-order valence-electron chi connectivity index (χ4n) is 3.54. The molecular formula is C17H28N4O3. The summed E-state index contributed by atoms with van der Waals surface area (Å²) in [5.41, 5.74) is 0. The van der Waals surface area contributed by atoms with Crippen LogP contribution in [0.3, 0.4) is 0 Å². The third-order valence-corrected chi connectivity index (χ3v) is 4.92. The van der Waals surface area contributed by atoms with Crippen LogP contribution in [0.1, 0.15) is 56.7 Å². The standard InChI is InChI=1S/C17H28N4O3/c1-14-18-19-16(24-14)12-21-11-7-4-8-15(21)13-23-17(22)20-9-5-2-3-6-10-20/h15H,2-13H2,1H3. The van der Waals surface area contributed by atoms with E-state index in [4.69, 9.17) is 9.15 Å². The molecule has 2 aliphatic heterocycles. The lowest BCUT2D eigenvalue weighted by molar-refractivity contribution is 0.0432. The molecule has 0 aliphatic carbocycles. The Hall–Kier alpha value is -1.63. The second-order valence-corrected chi connectivity index (χ2v) is 6.81. The van der Waals surface area contributed by atoms with Gasteiger partial charge in [-0.3, -0.25) is 4.90 Å². The zero-order chi connectivity index (χ0) is 16.8. The summed E-state index contributed by atoms with van der Waals surface area (Å²) in [5.74, 6) is 1.23. The minimum atomic E-state index is -0.156. The van der Waals surface area contributed by atoms with Gasteiger partial charge in [0.1, 0.15) is 6.61 Å². The lowest BCUT2D eigenvalue weighted by Gasteiger charge is -2.34. The van der Waals surface area contributed by atoms with Gasteiger partial charge in [0, 0.05) is 26.1 Å². The Kier molecular flexibility index (Phi) is 6.07. The molecule has 0 radical (unpaired) electrons. The zero-order valence-electron chi connectivity index (χ0n) is 14.6. The van der Waals surface area contributed by atoms with Gasteiger partial charge in [0.25, 0.3) is 0 Å². The summed E-state index contributed by atoms with van der Waals surface area (Å²) in [7, 11) is 0. The van der Waals surface area contributed by atoms with E-state index in [2.05, 4.69) is 15.1 Å². The summed E-state index contributed by atoms with van der Waals surface area (Å²) >= 11 is 0. The van der Waals surface area contributed by atoms with Crippen LogP contribution in [0, 0.1) is 6.92 Å². The first-order valence-electron chi connectivity index (χ1n) is 9.17. The van der Waals surface area contributed by atoms with E-state index in [0.717, 1.165) is 45.3 Å². The molecule has 1 aromatic heterocycles. The highest BCUT2D eigenvalue weighted by atomic mass is 16.6. The SMILES string of the molecule is Cc1nnc(CN2CCCCC2COC(=O)N2CCCCCC2)o1. The first-order valence-corrected chi connectivity index (χ1v) is 9.17. The average Bonchev–Trinajstić information content (AvgIpc) is 2.84. The number of aryl methyl sites for hydroxylation is 1. The van der Waals surface area contributed by atoms with Gasteiger partial charge in [-0.05, 0) is 32.2 Å². The average molecular weight is 336 g/mol. The lowest BCUT2D eigenvalue weighted by Crippen LogP contribution is -2.43. The molecule has 1 unspecified atom stereocenters. The molecule has 7 heteroatoms. The van der Waals surface area contributed by atoms with Crippen LogP contribution in [-0.4, -0.2) is 58.4 Å². The highest BCUT2D eigenvalue weighted by molar-refractivity contribution is 5.67. The molecule has 0 aromatic carbocycles. The third kappa shape index (κ3) is 4.69. The number of amides is 1. The molecule has 0 N–H and O–H groups in total. The van der Waals surface area contributed by atoms with Crippen LogP contribution in [0.4, 0.5) is 4.79 Å². The number of likely N-dealkylation sites (tertiary alicyclic amines) is 2. The predicted octanol–water partition coefficient (Wildman–Crippen LogP) is 2.75. The fourth-order valence-corrected chi connectivity index (χ4v) is 3.54. The van der Waals surface area contributed by atoms with Crippen LogP contribution in [0.15, 0.2) is 4.42 Å². The topological polar surface area (TPSA) is 71.7 Å². The molecule has 7 nitrogen and oxygen atoms in total. The Labute approximate surface area is 143 Å². The first kappa shape index (κ1) is 17.2. The summed E-state index contributed by atoms with van der Waals surface area (Å²) in [6.07, 6.45) is 7.81. The number of nitrogens with zero attached hydrogens (tertiary/aromatic N) is 4. The molecule has 0 saturated carbocycles. The smallest absolute Gasteiger partial charge is 0.409 e. The molecule has 24 heavy (non-hydrogen) atoms. The Bertz CT molecular complexity index is 526. The molecule has 3 rings (SSSR count). The predicted molar refractivity (Wildman–Crippen MR) is 88.5 cm³/mol. The molecule has 1 amide bonds. The number of carbonyl (C=O) groups is 1. The Morgan fingerprint density at radius 3 is 2.58 bits per heavy atom. The summed E-state index contributed by atoms with van der Waals surface area (Å²) in [5, 5.41) is 7.97. The van der Waals surface area contributed by atoms with E-state index in [0.29, 0.717) is 24.9 Å². The van der Waals surface area contributed by atoms with Crippen LogP contribution < -0.4 is 0 Å². The lowest BCUT2D eigenvalue weighted by atomic mass is 10.0. The minimum Gasteiger partial charge on any atom is -0.448 e. The van der Waals surface area contributed by atoms with Crippen molar-refractivity contribution in [1.82, 2.24) is 20.0 Å². The summed E-state index contributed by atoms with van der Waals surface area (Å²) < 4.78 is 11.1. The van der Waals surface area contributed by atoms with Crippen LogP contribution in [0.25, 0.3) is 0 Å². The molecule has 1 atom stereocenters. The number of piperidine rings is 1. The molecule has 134 valence electrons. The van der Waals surface area contributed by atoms with E-state index in [1.165, 1.54) is 19.3 Å². The largest absolute Gasteiger partial charge is 0.448 e. The van der Waals surface area contributed by atoms with Crippen molar-refractivity contribution in [2.24, 2.45) is 0 Å². The molecule has 2 fully saturated rings. The van der Waals surface area contributed by atoms with Gasteiger partial charge in [-0.25, -0.2) is 4.79 Å². The van der Waals surface area contributed by atoms with E-state index in [9.17, 15) is 4.79 Å². The van der Waals surface area contributed by atoms with E-state index >= 15 is 0 Å². The third-order valence-electron chi connectivity index (χ3n) is 4.92. The van der Waals surface area contributed by atoms with Crippen LogP contribution >= 0.6 is 0 Å². The first-order chi connectivity index (χ1) is 11.7. The Morgan fingerprint density at radius 2 is 1.88 bits per heavy atom. The maximum atomic E-state index is 12.3. The zero-order valence-corrected chi connectivity index (χ0v) is 14.6. The van der Waals surface area contributed by atoms with E-state index in [1.807, 2.05) is 4.90 Å². The Balaban J connectivity index is 1.50. The van der Waals surface area contributed by atoms with Gasteiger partial charge >= 0.3 is 6.09 Å². The van der Waals surface area contributed by atoms with Crippen molar-refractivity contribution >= 4 is 6.09 Å². The van der Waals surface area contributed by atoms with Crippen molar-refractivity contribution in [1.29, 1.82) is 0 Å². The molecule has 0 spiro atoms. The highest BCUT2D eigenvalue weighted by Gasteiger charge is 2.26. The van der Waals surface area contributed by atoms with E-state index < -0.39 is 0 Å². The maximum absolute atomic E-state index is 12.3. The number of hydrogen-bond acceptors (Lipinski definition) is 6. The van der Waals surface area contributed by atoms with Crippen molar-refractivity contribution in [2.75, 3.05) is 26.2 Å². The second kappa shape index (κ2) is 8.46. The van der Waals surface area contributed by atoms with Gasteiger partial charge in [-0.2, -0.15) is 0 Å². The van der Waals surface area contributed by atoms with E-state index in [-0.39, 0.29) is 12.1 Å². The van der Waals surface area contributed by atoms with Crippen LogP contribution in [-0.2, 0) is 11.3 Å². The summed E-state index contributed by atoms with van der Waals surface area (Å²) in [6, 6.07) is 0.238. The van der Waals surface area contributed by atoms with Crippen molar-refractivity contribution in [3.63, 3.8) is 0 Å². The maximum Gasteiger partial charge on any atom is 0.409 e. The van der Waals surface area contributed by atoms with Crippen molar-refractivity contribution in [3.05, 3.63) is 11.8 Å². The van der Waals surface area contributed by atoms with Crippen LogP contribution in [0.5, 0.6) is 0 Å². The van der Waals surface area contributed by atoms with Crippen molar-refractivity contribution in [2.45, 2.75) is 64.5 Å². The second-order valence-electron chi connectivity index (χ2n) is 6.81. The van der Waals surface area contributed by atoms with Gasteiger partial charge in [0.2, 0.25) is 11.8 Å². The number of carbonyl (C=O) groups excluding carboxylic acids is 1. The van der Waals surface area contributed by atoms with Gasteiger partial charge in [0.05, 0.1) is 6.54 Å². The quantitative estimate of drug-likeness (QED) is 0.842. The molecule has 0 bridgehead atoms. The van der Waals surface area contributed by atoms with Gasteiger partial charge < -0.3 is 14.1 Å². The number of aromatic nitrogens is 2. The van der Waals surface area contributed by atoms with Gasteiger partial charge in [0.15, 0.2) is 0 Å². The number of hydrogen-bond donors (Lipinski definition) is 0. The highest BCUT2D eigenvalue weighted by Crippen LogP contribution is 2.20. The molecule has 2 aliphatic rings.